The lowest BCUT2D eigenvalue weighted by atomic mass is 10.2. The molecule has 0 radical (unpaired) electrons. The standard InChI is InChI=1S/C17H21N3O3/c1-3-5-14-11-15(21)20-17(19-14)18-13-8-6-12(7-9-13)16(22)23-10-4-2/h6-9,11H,3-5,10H2,1-2H3,(H2,18,19,20,21). The Morgan fingerprint density at radius 1 is 1.22 bits per heavy atom. The molecule has 1 heterocycles. The number of H-pyrrole nitrogens is 1. The molecule has 2 N–H and O–H groups in total. The summed E-state index contributed by atoms with van der Waals surface area (Å²) < 4.78 is 5.07. The second-order valence-electron chi connectivity index (χ2n) is 5.17. The van der Waals surface area contributed by atoms with Gasteiger partial charge in [0.15, 0.2) is 0 Å². The van der Waals surface area contributed by atoms with E-state index in [1.165, 1.54) is 6.07 Å². The third-order valence-electron chi connectivity index (χ3n) is 3.12. The summed E-state index contributed by atoms with van der Waals surface area (Å²) in [6, 6.07) is 8.34. The Bertz CT molecular complexity index is 708. The lowest BCUT2D eigenvalue weighted by Gasteiger charge is -2.08. The van der Waals surface area contributed by atoms with Crippen molar-refractivity contribution in [1.82, 2.24) is 9.97 Å². The SMILES string of the molecule is CCCOC(=O)c1ccc(Nc2nc(CCC)cc(=O)[nH]2)cc1. The van der Waals surface area contributed by atoms with Crippen molar-refractivity contribution >= 4 is 17.6 Å². The summed E-state index contributed by atoms with van der Waals surface area (Å²) in [4.78, 5) is 30.4. The van der Waals surface area contributed by atoms with Crippen LogP contribution in [0.4, 0.5) is 11.6 Å². The number of aromatic amines is 1. The van der Waals surface area contributed by atoms with E-state index in [1.54, 1.807) is 24.3 Å². The van der Waals surface area contributed by atoms with Crippen molar-refractivity contribution in [3.8, 4) is 0 Å². The summed E-state index contributed by atoms with van der Waals surface area (Å²) in [6.45, 7) is 4.39. The summed E-state index contributed by atoms with van der Waals surface area (Å²) in [7, 11) is 0. The number of nitrogens with zero attached hydrogens (tertiary/aromatic N) is 1. The molecular formula is C17H21N3O3. The van der Waals surface area contributed by atoms with E-state index in [9.17, 15) is 9.59 Å². The molecule has 0 saturated carbocycles. The molecule has 6 heteroatoms. The number of carbonyl (C=O) groups excluding carboxylic acids is 1. The van der Waals surface area contributed by atoms with Crippen molar-refractivity contribution in [2.24, 2.45) is 0 Å². The Morgan fingerprint density at radius 2 is 1.96 bits per heavy atom. The van der Waals surface area contributed by atoms with Gasteiger partial charge in [-0.3, -0.25) is 9.78 Å². The van der Waals surface area contributed by atoms with E-state index in [1.807, 2.05) is 13.8 Å². The number of anilines is 2. The summed E-state index contributed by atoms with van der Waals surface area (Å²) in [5.41, 5.74) is 1.78. The van der Waals surface area contributed by atoms with Gasteiger partial charge in [0.25, 0.3) is 5.56 Å². The van der Waals surface area contributed by atoms with Crippen LogP contribution < -0.4 is 10.9 Å². The zero-order chi connectivity index (χ0) is 16.7. The molecule has 0 unspecified atom stereocenters. The molecule has 1 aromatic carbocycles. The van der Waals surface area contributed by atoms with Gasteiger partial charge in [-0.15, -0.1) is 0 Å². The van der Waals surface area contributed by atoms with Crippen molar-refractivity contribution in [3.05, 3.63) is 51.9 Å². The van der Waals surface area contributed by atoms with Gasteiger partial charge in [0.05, 0.1) is 12.2 Å². The summed E-state index contributed by atoms with van der Waals surface area (Å²) in [5.74, 6) is 0.0529. The third kappa shape index (κ3) is 4.95. The second-order valence-corrected chi connectivity index (χ2v) is 5.17. The fraction of sp³-hybridized carbons (Fsp3) is 0.353. The van der Waals surface area contributed by atoms with E-state index in [0.717, 1.165) is 30.6 Å². The van der Waals surface area contributed by atoms with Crippen LogP contribution in [0.3, 0.4) is 0 Å². The van der Waals surface area contributed by atoms with Gasteiger partial charge in [0.1, 0.15) is 0 Å². The molecule has 0 fully saturated rings. The van der Waals surface area contributed by atoms with E-state index >= 15 is 0 Å². The van der Waals surface area contributed by atoms with Crippen molar-refractivity contribution in [2.75, 3.05) is 11.9 Å². The number of rotatable bonds is 7. The quantitative estimate of drug-likeness (QED) is 0.767. The maximum atomic E-state index is 11.7. The predicted molar refractivity (Wildman–Crippen MR) is 89.2 cm³/mol. The zero-order valence-electron chi connectivity index (χ0n) is 13.4. The number of nitrogens with one attached hydrogen (secondary N) is 2. The molecule has 0 aliphatic rings. The van der Waals surface area contributed by atoms with E-state index in [-0.39, 0.29) is 11.5 Å². The van der Waals surface area contributed by atoms with Crippen molar-refractivity contribution in [1.29, 1.82) is 0 Å². The normalized spacial score (nSPS) is 10.3. The average molecular weight is 315 g/mol. The van der Waals surface area contributed by atoms with Crippen LogP contribution in [0.2, 0.25) is 0 Å². The molecule has 1 aromatic heterocycles. The number of ether oxygens (including phenoxy) is 1. The fourth-order valence-corrected chi connectivity index (χ4v) is 2.06. The topological polar surface area (TPSA) is 84.1 Å². The van der Waals surface area contributed by atoms with Gasteiger partial charge in [-0.1, -0.05) is 20.3 Å². The number of aromatic nitrogens is 2. The number of benzene rings is 1. The van der Waals surface area contributed by atoms with E-state index < -0.39 is 0 Å². The lowest BCUT2D eigenvalue weighted by molar-refractivity contribution is 0.0505. The molecule has 2 rings (SSSR count). The number of esters is 1. The first-order chi connectivity index (χ1) is 11.1. The van der Waals surface area contributed by atoms with Crippen LogP contribution in [0.15, 0.2) is 35.1 Å². The highest BCUT2D eigenvalue weighted by Crippen LogP contribution is 2.14. The molecule has 0 bridgehead atoms. The first-order valence-corrected chi connectivity index (χ1v) is 7.76. The van der Waals surface area contributed by atoms with Gasteiger partial charge < -0.3 is 10.1 Å². The van der Waals surface area contributed by atoms with Crippen LogP contribution in [0.25, 0.3) is 0 Å². The molecule has 122 valence electrons. The van der Waals surface area contributed by atoms with Gasteiger partial charge in [-0.25, -0.2) is 9.78 Å². The van der Waals surface area contributed by atoms with E-state index in [2.05, 4.69) is 15.3 Å². The maximum absolute atomic E-state index is 11.7. The van der Waals surface area contributed by atoms with Crippen LogP contribution in [0.1, 0.15) is 42.7 Å². The molecule has 0 aliphatic heterocycles. The van der Waals surface area contributed by atoms with Crippen LogP contribution in [-0.2, 0) is 11.2 Å². The Hall–Kier alpha value is -2.63. The Labute approximate surface area is 134 Å². The minimum absolute atomic E-state index is 0.189. The molecule has 23 heavy (non-hydrogen) atoms. The largest absolute Gasteiger partial charge is 0.462 e. The van der Waals surface area contributed by atoms with Gasteiger partial charge in [0.2, 0.25) is 5.95 Å². The molecule has 6 nitrogen and oxygen atoms in total. The highest BCUT2D eigenvalue weighted by Gasteiger charge is 2.07. The van der Waals surface area contributed by atoms with Crippen molar-refractivity contribution < 1.29 is 9.53 Å². The third-order valence-corrected chi connectivity index (χ3v) is 3.12. The minimum atomic E-state index is -0.338. The first kappa shape index (κ1) is 16.7. The number of carbonyl (C=O) groups is 1. The van der Waals surface area contributed by atoms with Crippen LogP contribution in [0.5, 0.6) is 0 Å². The van der Waals surface area contributed by atoms with Crippen LogP contribution in [-0.4, -0.2) is 22.5 Å². The average Bonchev–Trinajstić information content (AvgIpc) is 2.53. The Balaban J connectivity index is 2.09. The summed E-state index contributed by atoms with van der Waals surface area (Å²) in [5, 5.41) is 3.03. The highest BCUT2D eigenvalue weighted by molar-refractivity contribution is 5.89. The van der Waals surface area contributed by atoms with Crippen molar-refractivity contribution in [3.63, 3.8) is 0 Å². The van der Waals surface area contributed by atoms with Gasteiger partial charge in [0, 0.05) is 17.4 Å². The monoisotopic (exact) mass is 315 g/mol. The van der Waals surface area contributed by atoms with Crippen LogP contribution in [0, 0.1) is 0 Å². The predicted octanol–water partition coefficient (Wildman–Crippen LogP) is 3.03. The molecule has 0 atom stereocenters. The van der Waals surface area contributed by atoms with E-state index in [0.29, 0.717) is 18.1 Å². The van der Waals surface area contributed by atoms with Crippen molar-refractivity contribution in [2.45, 2.75) is 33.1 Å². The summed E-state index contributed by atoms with van der Waals surface area (Å²) in [6.07, 6.45) is 2.46. The highest BCUT2D eigenvalue weighted by atomic mass is 16.5. The maximum Gasteiger partial charge on any atom is 0.338 e. The van der Waals surface area contributed by atoms with Gasteiger partial charge in [-0.2, -0.15) is 0 Å². The molecule has 0 saturated heterocycles. The fourth-order valence-electron chi connectivity index (χ4n) is 2.06. The van der Waals surface area contributed by atoms with E-state index in [4.69, 9.17) is 4.74 Å². The Morgan fingerprint density at radius 3 is 2.61 bits per heavy atom. The molecular weight excluding hydrogens is 294 g/mol. The van der Waals surface area contributed by atoms with Crippen LogP contribution >= 0.6 is 0 Å². The molecule has 0 aliphatic carbocycles. The number of hydrogen-bond donors (Lipinski definition) is 2. The second kappa shape index (κ2) is 8.12. The molecule has 0 spiro atoms. The smallest absolute Gasteiger partial charge is 0.338 e. The summed E-state index contributed by atoms with van der Waals surface area (Å²) >= 11 is 0. The zero-order valence-corrected chi connectivity index (χ0v) is 13.4. The first-order valence-electron chi connectivity index (χ1n) is 7.76. The van der Waals surface area contributed by atoms with Gasteiger partial charge in [-0.05, 0) is 37.1 Å². The number of aryl methyl sites for hydroxylation is 1. The Kier molecular flexibility index (Phi) is 5.91. The number of hydrogen-bond acceptors (Lipinski definition) is 5. The minimum Gasteiger partial charge on any atom is -0.462 e. The van der Waals surface area contributed by atoms with Gasteiger partial charge >= 0.3 is 5.97 Å². The molecule has 2 aromatic rings. The lowest BCUT2D eigenvalue weighted by Crippen LogP contribution is -2.12. The molecule has 0 amide bonds.